The summed E-state index contributed by atoms with van der Waals surface area (Å²) < 4.78 is 5.04. The van der Waals surface area contributed by atoms with E-state index < -0.39 is 0 Å². The smallest absolute Gasteiger partial charge is 0.137 e. The first-order valence-electron chi connectivity index (χ1n) is 5.26. The number of methoxy groups -OCH3 is 1. The minimum atomic E-state index is 0.719. The summed E-state index contributed by atoms with van der Waals surface area (Å²) in [6, 6.07) is 11.5. The number of ether oxygens (including phenoxy) is 1. The van der Waals surface area contributed by atoms with Crippen molar-refractivity contribution in [1.82, 2.24) is 4.98 Å². The lowest BCUT2D eigenvalue weighted by molar-refractivity contribution is 0.413. The summed E-state index contributed by atoms with van der Waals surface area (Å²) in [7, 11) is 1.62. The average Bonchev–Trinajstić information content (AvgIpc) is 2.39. The first-order chi connectivity index (χ1) is 8.28. The summed E-state index contributed by atoms with van der Waals surface area (Å²) in [6.45, 7) is 0.719. The first-order valence-corrected chi connectivity index (χ1v) is 5.64. The first kappa shape index (κ1) is 11.7. The van der Waals surface area contributed by atoms with Crippen LogP contribution >= 0.6 is 11.6 Å². The van der Waals surface area contributed by atoms with Crippen LogP contribution in [0.4, 0.5) is 5.82 Å². The summed E-state index contributed by atoms with van der Waals surface area (Å²) in [5.74, 6) is 1.57. The van der Waals surface area contributed by atoms with E-state index >= 15 is 0 Å². The van der Waals surface area contributed by atoms with E-state index in [0.29, 0.717) is 0 Å². The molecule has 1 aromatic heterocycles. The van der Waals surface area contributed by atoms with Crippen molar-refractivity contribution in [2.24, 2.45) is 0 Å². The van der Waals surface area contributed by atoms with Gasteiger partial charge in [0, 0.05) is 11.6 Å². The molecule has 0 aliphatic heterocycles. The van der Waals surface area contributed by atoms with Crippen LogP contribution in [0.25, 0.3) is 0 Å². The predicted molar refractivity (Wildman–Crippen MR) is 69.6 cm³/mol. The predicted octanol–water partition coefficient (Wildman–Crippen LogP) is 3.36. The quantitative estimate of drug-likeness (QED) is 0.901. The molecule has 4 heteroatoms. The van der Waals surface area contributed by atoms with Crippen molar-refractivity contribution >= 4 is 17.4 Å². The summed E-state index contributed by atoms with van der Waals surface area (Å²) >= 11 is 5.82. The standard InChI is InChI=1S/C13H13ClN2O/c1-17-12-6-7-13(16-9-12)15-8-10-2-4-11(14)5-3-10/h2-7,9H,8H2,1H3,(H,15,16). The molecule has 0 aliphatic rings. The van der Waals surface area contributed by atoms with Crippen molar-refractivity contribution in [2.75, 3.05) is 12.4 Å². The maximum atomic E-state index is 5.82. The van der Waals surface area contributed by atoms with Crippen LogP contribution in [0.2, 0.25) is 5.02 Å². The highest BCUT2D eigenvalue weighted by atomic mass is 35.5. The molecular formula is C13H13ClN2O. The fourth-order valence-electron chi connectivity index (χ4n) is 1.40. The van der Waals surface area contributed by atoms with E-state index in [0.717, 1.165) is 28.7 Å². The molecule has 0 saturated carbocycles. The van der Waals surface area contributed by atoms with Crippen LogP contribution in [0, 0.1) is 0 Å². The van der Waals surface area contributed by atoms with Gasteiger partial charge in [-0.05, 0) is 29.8 Å². The molecule has 0 radical (unpaired) electrons. The molecule has 3 nitrogen and oxygen atoms in total. The third kappa shape index (κ3) is 3.36. The Hall–Kier alpha value is -1.74. The minimum absolute atomic E-state index is 0.719. The number of hydrogen-bond donors (Lipinski definition) is 1. The number of anilines is 1. The van der Waals surface area contributed by atoms with Crippen molar-refractivity contribution in [3.8, 4) is 5.75 Å². The number of pyridine rings is 1. The highest BCUT2D eigenvalue weighted by Gasteiger charge is 1.96. The van der Waals surface area contributed by atoms with Crippen LogP contribution in [0.3, 0.4) is 0 Å². The zero-order chi connectivity index (χ0) is 12.1. The van der Waals surface area contributed by atoms with Gasteiger partial charge in [0.05, 0.1) is 13.3 Å². The molecule has 0 aliphatic carbocycles. The van der Waals surface area contributed by atoms with Crippen LogP contribution in [0.1, 0.15) is 5.56 Å². The molecule has 0 amide bonds. The number of aromatic nitrogens is 1. The van der Waals surface area contributed by atoms with Gasteiger partial charge in [-0.2, -0.15) is 0 Å². The Labute approximate surface area is 105 Å². The van der Waals surface area contributed by atoms with Gasteiger partial charge in [0.1, 0.15) is 11.6 Å². The monoisotopic (exact) mass is 248 g/mol. The van der Waals surface area contributed by atoms with E-state index in [-0.39, 0.29) is 0 Å². The molecule has 0 spiro atoms. The molecule has 17 heavy (non-hydrogen) atoms. The lowest BCUT2D eigenvalue weighted by atomic mass is 10.2. The van der Waals surface area contributed by atoms with Crippen molar-refractivity contribution < 1.29 is 4.74 Å². The average molecular weight is 249 g/mol. The summed E-state index contributed by atoms with van der Waals surface area (Å²) in [5.41, 5.74) is 1.16. The topological polar surface area (TPSA) is 34.1 Å². The second-order valence-electron chi connectivity index (χ2n) is 3.56. The Morgan fingerprint density at radius 1 is 1.18 bits per heavy atom. The van der Waals surface area contributed by atoms with Gasteiger partial charge < -0.3 is 10.1 Å². The highest BCUT2D eigenvalue weighted by molar-refractivity contribution is 6.30. The molecule has 1 heterocycles. The van der Waals surface area contributed by atoms with Crippen molar-refractivity contribution in [3.05, 3.63) is 53.2 Å². The van der Waals surface area contributed by atoms with Gasteiger partial charge in [-0.25, -0.2) is 4.98 Å². The van der Waals surface area contributed by atoms with Gasteiger partial charge >= 0.3 is 0 Å². The minimum Gasteiger partial charge on any atom is -0.495 e. The van der Waals surface area contributed by atoms with Crippen molar-refractivity contribution in [3.63, 3.8) is 0 Å². The second kappa shape index (κ2) is 5.55. The van der Waals surface area contributed by atoms with Crippen LogP contribution in [-0.4, -0.2) is 12.1 Å². The van der Waals surface area contributed by atoms with E-state index in [1.807, 2.05) is 36.4 Å². The van der Waals surface area contributed by atoms with Gasteiger partial charge in [-0.15, -0.1) is 0 Å². The Morgan fingerprint density at radius 3 is 2.53 bits per heavy atom. The molecule has 0 fully saturated rings. The molecule has 0 atom stereocenters. The molecular weight excluding hydrogens is 236 g/mol. The second-order valence-corrected chi connectivity index (χ2v) is 4.00. The zero-order valence-corrected chi connectivity index (χ0v) is 10.2. The zero-order valence-electron chi connectivity index (χ0n) is 9.48. The number of hydrogen-bond acceptors (Lipinski definition) is 3. The Kier molecular flexibility index (Phi) is 3.83. The SMILES string of the molecule is COc1ccc(NCc2ccc(Cl)cc2)nc1. The number of nitrogens with zero attached hydrogens (tertiary/aromatic N) is 1. The van der Waals surface area contributed by atoms with Crippen molar-refractivity contribution in [2.45, 2.75) is 6.54 Å². The maximum absolute atomic E-state index is 5.82. The van der Waals surface area contributed by atoms with Crippen LogP contribution in [-0.2, 0) is 6.54 Å². The molecule has 0 saturated heterocycles. The lowest BCUT2D eigenvalue weighted by Crippen LogP contribution is -2.00. The molecule has 2 rings (SSSR count). The van der Waals surface area contributed by atoms with Gasteiger partial charge in [0.25, 0.3) is 0 Å². The number of rotatable bonds is 4. The van der Waals surface area contributed by atoms with Crippen LogP contribution in [0.15, 0.2) is 42.6 Å². The van der Waals surface area contributed by atoms with Gasteiger partial charge in [-0.3, -0.25) is 0 Å². The molecule has 88 valence electrons. The third-order valence-corrected chi connectivity index (χ3v) is 2.61. The number of benzene rings is 1. The van der Waals surface area contributed by atoms with Crippen molar-refractivity contribution in [1.29, 1.82) is 0 Å². The van der Waals surface area contributed by atoms with E-state index in [2.05, 4.69) is 10.3 Å². The Bertz CT molecular complexity index is 468. The normalized spacial score (nSPS) is 10.0. The van der Waals surface area contributed by atoms with Gasteiger partial charge in [0.15, 0.2) is 0 Å². The molecule has 1 N–H and O–H groups in total. The summed E-state index contributed by atoms with van der Waals surface area (Å²) in [5, 5.41) is 3.97. The fourth-order valence-corrected chi connectivity index (χ4v) is 1.53. The summed E-state index contributed by atoms with van der Waals surface area (Å²) in [4.78, 5) is 4.22. The number of nitrogens with one attached hydrogen (secondary N) is 1. The third-order valence-electron chi connectivity index (χ3n) is 2.36. The van der Waals surface area contributed by atoms with Gasteiger partial charge in [0.2, 0.25) is 0 Å². The molecule has 2 aromatic rings. The van der Waals surface area contributed by atoms with Crippen LogP contribution < -0.4 is 10.1 Å². The molecule has 0 unspecified atom stereocenters. The Morgan fingerprint density at radius 2 is 1.94 bits per heavy atom. The van der Waals surface area contributed by atoms with Crippen LogP contribution in [0.5, 0.6) is 5.75 Å². The largest absolute Gasteiger partial charge is 0.495 e. The van der Waals surface area contributed by atoms with Gasteiger partial charge in [-0.1, -0.05) is 23.7 Å². The van der Waals surface area contributed by atoms with E-state index in [9.17, 15) is 0 Å². The number of halogens is 1. The van der Waals surface area contributed by atoms with E-state index in [1.165, 1.54) is 0 Å². The van der Waals surface area contributed by atoms with E-state index in [4.69, 9.17) is 16.3 Å². The molecule has 0 bridgehead atoms. The fraction of sp³-hybridized carbons (Fsp3) is 0.154. The lowest BCUT2D eigenvalue weighted by Gasteiger charge is -2.06. The highest BCUT2D eigenvalue weighted by Crippen LogP contribution is 2.13. The molecule has 1 aromatic carbocycles. The summed E-state index contributed by atoms with van der Waals surface area (Å²) in [6.07, 6.45) is 1.68. The maximum Gasteiger partial charge on any atom is 0.137 e. The van der Waals surface area contributed by atoms with E-state index in [1.54, 1.807) is 13.3 Å². The Balaban J connectivity index is 1.95.